The molecule has 1 aliphatic rings. The van der Waals surface area contributed by atoms with Gasteiger partial charge in [-0.05, 0) is 61.2 Å². The van der Waals surface area contributed by atoms with E-state index in [2.05, 4.69) is 18.2 Å². The van der Waals surface area contributed by atoms with Crippen molar-refractivity contribution in [3.8, 4) is 5.75 Å². The highest BCUT2D eigenvalue weighted by Gasteiger charge is 2.51. The number of amides is 3. The summed E-state index contributed by atoms with van der Waals surface area (Å²) in [5.74, 6) is 0.442. The predicted octanol–water partition coefficient (Wildman–Crippen LogP) is 5.03. The smallest absolute Gasteiger partial charge is 0.332 e. The van der Waals surface area contributed by atoms with Crippen molar-refractivity contribution < 1.29 is 14.3 Å². The second kappa shape index (κ2) is 8.26. The van der Waals surface area contributed by atoms with Gasteiger partial charge in [0, 0.05) is 6.54 Å². The molecule has 0 unspecified atom stereocenters. The quantitative estimate of drug-likeness (QED) is 0.532. The summed E-state index contributed by atoms with van der Waals surface area (Å²) in [6, 6.07) is 25.0. The van der Waals surface area contributed by atoms with E-state index in [0.717, 1.165) is 17.5 Å². The number of imide groups is 1. The van der Waals surface area contributed by atoms with Gasteiger partial charge in [-0.1, -0.05) is 54.6 Å². The Balaban J connectivity index is 1.63. The second-order valence-corrected chi connectivity index (χ2v) is 8.20. The molecule has 0 atom stereocenters. The summed E-state index contributed by atoms with van der Waals surface area (Å²) in [5.41, 5.74) is 2.99. The van der Waals surface area contributed by atoms with Gasteiger partial charge in [-0.2, -0.15) is 0 Å². The number of benzene rings is 3. The minimum Gasteiger partial charge on any atom is -0.497 e. The number of hydrogen-bond donors (Lipinski definition) is 0. The molecule has 3 aromatic rings. The third kappa shape index (κ3) is 3.91. The van der Waals surface area contributed by atoms with Crippen LogP contribution in [0.2, 0.25) is 0 Å². The van der Waals surface area contributed by atoms with Gasteiger partial charge in [-0.3, -0.25) is 4.79 Å². The summed E-state index contributed by atoms with van der Waals surface area (Å²) in [7, 11) is 1.58. The lowest BCUT2D eigenvalue weighted by atomic mass is 9.97. The van der Waals surface area contributed by atoms with Gasteiger partial charge in [0.15, 0.2) is 0 Å². The number of carbonyl (C=O) groups is 2. The predicted molar refractivity (Wildman–Crippen MR) is 121 cm³/mol. The summed E-state index contributed by atoms with van der Waals surface area (Å²) < 4.78 is 5.19. The lowest BCUT2D eigenvalue weighted by molar-refractivity contribution is -0.123. The Kier molecular flexibility index (Phi) is 5.51. The molecule has 0 radical (unpaired) electrons. The fourth-order valence-electron chi connectivity index (χ4n) is 3.93. The molecular formula is C26H26N2O3. The lowest BCUT2D eigenvalue weighted by Crippen LogP contribution is -2.43. The number of methoxy groups -OCH3 is 1. The maximum absolute atomic E-state index is 13.4. The zero-order valence-corrected chi connectivity index (χ0v) is 18.0. The third-order valence-corrected chi connectivity index (χ3v) is 5.84. The third-order valence-electron chi connectivity index (χ3n) is 5.84. The Morgan fingerprint density at radius 3 is 2.06 bits per heavy atom. The molecule has 1 aliphatic heterocycles. The van der Waals surface area contributed by atoms with Crippen molar-refractivity contribution in [3.05, 3.63) is 95.6 Å². The Morgan fingerprint density at radius 1 is 0.806 bits per heavy atom. The Labute approximate surface area is 182 Å². The normalized spacial score (nSPS) is 15.5. The number of urea groups is 1. The highest BCUT2D eigenvalue weighted by Crippen LogP contribution is 2.34. The van der Waals surface area contributed by atoms with Gasteiger partial charge in [-0.25, -0.2) is 9.69 Å². The fraction of sp³-hybridized carbons (Fsp3) is 0.231. The van der Waals surface area contributed by atoms with Crippen LogP contribution in [-0.4, -0.2) is 29.5 Å². The standard InChI is InChI=1S/C26H26N2O3/c1-26(2)24(29)28(22-13-15-23(31-3)16-14-22)25(30)27(26)18-21-12-8-7-11-20(21)17-19-9-5-4-6-10-19/h4-16H,17-18H2,1-3H3. The van der Waals surface area contributed by atoms with Gasteiger partial charge < -0.3 is 9.64 Å². The molecule has 5 nitrogen and oxygen atoms in total. The molecule has 1 saturated heterocycles. The van der Waals surface area contributed by atoms with E-state index >= 15 is 0 Å². The summed E-state index contributed by atoms with van der Waals surface area (Å²) in [6.45, 7) is 3.97. The van der Waals surface area contributed by atoms with Crippen LogP contribution in [0.15, 0.2) is 78.9 Å². The van der Waals surface area contributed by atoms with E-state index in [1.54, 1.807) is 50.1 Å². The van der Waals surface area contributed by atoms with Crippen LogP contribution in [-0.2, 0) is 17.8 Å². The number of carbonyl (C=O) groups excluding carboxylic acids is 2. The fourth-order valence-corrected chi connectivity index (χ4v) is 3.93. The van der Waals surface area contributed by atoms with Gasteiger partial charge >= 0.3 is 6.03 Å². The molecule has 0 bridgehead atoms. The second-order valence-electron chi connectivity index (χ2n) is 8.20. The van der Waals surface area contributed by atoms with Crippen LogP contribution in [0, 0.1) is 0 Å². The van der Waals surface area contributed by atoms with Crippen molar-refractivity contribution in [3.63, 3.8) is 0 Å². The van der Waals surface area contributed by atoms with Crippen molar-refractivity contribution in [1.82, 2.24) is 4.90 Å². The molecule has 0 saturated carbocycles. The first-order chi connectivity index (χ1) is 14.9. The van der Waals surface area contributed by atoms with Gasteiger partial charge in [0.25, 0.3) is 5.91 Å². The summed E-state index contributed by atoms with van der Waals surface area (Å²) in [5, 5.41) is 0. The lowest BCUT2D eigenvalue weighted by Gasteiger charge is -2.28. The highest BCUT2D eigenvalue weighted by molar-refractivity contribution is 6.22. The van der Waals surface area contributed by atoms with E-state index < -0.39 is 5.54 Å². The Bertz CT molecular complexity index is 1090. The molecule has 3 aromatic carbocycles. The largest absolute Gasteiger partial charge is 0.497 e. The van der Waals surface area contributed by atoms with E-state index in [4.69, 9.17) is 4.74 Å². The van der Waals surface area contributed by atoms with Crippen LogP contribution in [0.3, 0.4) is 0 Å². The van der Waals surface area contributed by atoms with E-state index in [1.807, 2.05) is 36.4 Å². The van der Waals surface area contributed by atoms with Crippen molar-refractivity contribution in [2.24, 2.45) is 0 Å². The first-order valence-corrected chi connectivity index (χ1v) is 10.3. The minimum atomic E-state index is -0.948. The number of ether oxygens (including phenoxy) is 1. The molecule has 0 aromatic heterocycles. The molecule has 5 heteroatoms. The summed E-state index contributed by atoms with van der Waals surface area (Å²) >= 11 is 0. The zero-order chi connectivity index (χ0) is 22.0. The highest BCUT2D eigenvalue weighted by atomic mass is 16.5. The monoisotopic (exact) mass is 414 g/mol. The SMILES string of the molecule is COc1ccc(N2C(=O)N(Cc3ccccc3Cc3ccccc3)C(C)(C)C2=O)cc1. The van der Waals surface area contributed by atoms with Gasteiger partial charge in [-0.15, -0.1) is 0 Å². The average Bonchev–Trinajstić information content (AvgIpc) is 2.95. The van der Waals surface area contributed by atoms with Crippen molar-refractivity contribution >= 4 is 17.6 Å². The number of rotatable bonds is 6. The van der Waals surface area contributed by atoms with Crippen molar-refractivity contribution in [2.45, 2.75) is 32.4 Å². The Morgan fingerprint density at radius 2 is 1.42 bits per heavy atom. The maximum Gasteiger partial charge on any atom is 0.332 e. The van der Waals surface area contributed by atoms with Crippen molar-refractivity contribution in [2.75, 3.05) is 12.0 Å². The van der Waals surface area contributed by atoms with E-state index in [1.165, 1.54) is 10.5 Å². The van der Waals surface area contributed by atoms with Crippen molar-refractivity contribution in [1.29, 1.82) is 0 Å². The van der Waals surface area contributed by atoms with Gasteiger partial charge in [0.2, 0.25) is 0 Å². The van der Waals surface area contributed by atoms with Crippen LogP contribution < -0.4 is 9.64 Å². The number of hydrogen-bond acceptors (Lipinski definition) is 3. The molecule has 4 rings (SSSR count). The minimum absolute atomic E-state index is 0.233. The topological polar surface area (TPSA) is 49.9 Å². The van der Waals surface area contributed by atoms with Crippen LogP contribution in [0.4, 0.5) is 10.5 Å². The zero-order valence-electron chi connectivity index (χ0n) is 18.0. The molecule has 0 spiro atoms. The van der Waals surface area contributed by atoms with Gasteiger partial charge in [0.1, 0.15) is 11.3 Å². The molecule has 31 heavy (non-hydrogen) atoms. The van der Waals surface area contributed by atoms with Gasteiger partial charge in [0.05, 0.1) is 12.8 Å². The summed E-state index contributed by atoms with van der Waals surface area (Å²) in [4.78, 5) is 29.5. The van der Waals surface area contributed by atoms with E-state index in [-0.39, 0.29) is 11.9 Å². The Hall–Kier alpha value is -3.60. The van der Waals surface area contributed by atoms with E-state index in [9.17, 15) is 9.59 Å². The molecule has 0 aliphatic carbocycles. The molecule has 0 N–H and O–H groups in total. The molecule has 3 amide bonds. The van der Waals surface area contributed by atoms with Crippen LogP contribution >= 0.6 is 0 Å². The summed E-state index contributed by atoms with van der Waals surface area (Å²) in [6.07, 6.45) is 0.773. The van der Waals surface area contributed by atoms with Crippen LogP contribution in [0.1, 0.15) is 30.5 Å². The number of nitrogens with zero attached hydrogens (tertiary/aromatic N) is 2. The average molecular weight is 415 g/mol. The van der Waals surface area contributed by atoms with Crippen LogP contribution in [0.25, 0.3) is 0 Å². The van der Waals surface area contributed by atoms with E-state index in [0.29, 0.717) is 18.0 Å². The maximum atomic E-state index is 13.4. The number of anilines is 1. The molecule has 158 valence electrons. The first-order valence-electron chi connectivity index (χ1n) is 10.3. The molecular weight excluding hydrogens is 388 g/mol. The molecule has 1 fully saturated rings. The molecule has 1 heterocycles. The first kappa shape index (κ1) is 20.7. The van der Waals surface area contributed by atoms with Crippen LogP contribution in [0.5, 0.6) is 5.75 Å².